The Morgan fingerprint density at radius 1 is 1.21 bits per heavy atom. The summed E-state index contributed by atoms with van der Waals surface area (Å²) in [5, 5.41) is 19.0. The van der Waals surface area contributed by atoms with E-state index >= 15 is 0 Å². The lowest BCUT2D eigenvalue weighted by Crippen LogP contribution is -2.53. The monoisotopic (exact) mass is 342 g/mol. The van der Waals surface area contributed by atoms with Crippen molar-refractivity contribution in [3.8, 4) is 0 Å². The van der Waals surface area contributed by atoms with Gasteiger partial charge in [-0.3, -0.25) is 19.2 Å². The minimum atomic E-state index is -1.16. The molecule has 3 amide bonds. The van der Waals surface area contributed by atoms with Crippen molar-refractivity contribution in [1.29, 1.82) is 0 Å². The number of hydrogen-bond donors (Lipinski definition) is 5. The second kappa shape index (κ2) is 9.86. The molecule has 3 atom stereocenters. The van der Waals surface area contributed by atoms with E-state index in [1.807, 2.05) is 6.92 Å². The quantitative estimate of drug-likeness (QED) is 0.349. The van der Waals surface area contributed by atoms with Crippen molar-refractivity contribution in [1.82, 2.24) is 21.3 Å². The van der Waals surface area contributed by atoms with E-state index in [1.54, 1.807) is 6.92 Å². The van der Waals surface area contributed by atoms with Crippen molar-refractivity contribution in [3.63, 3.8) is 0 Å². The lowest BCUT2D eigenvalue weighted by Gasteiger charge is -2.23. The van der Waals surface area contributed by atoms with Crippen molar-refractivity contribution >= 4 is 23.7 Å². The normalized spacial score (nSPS) is 19.2. The average Bonchev–Trinajstić information content (AvgIpc) is 3.09. The van der Waals surface area contributed by atoms with Crippen LogP contribution in [0.25, 0.3) is 0 Å². The van der Waals surface area contributed by atoms with Crippen LogP contribution in [0.5, 0.6) is 0 Å². The summed E-state index contributed by atoms with van der Waals surface area (Å²) in [6.07, 6.45) is 2.29. The van der Waals surface area contributed by atoms with Gasteiger partial charge in [0.25, 0.3) is 0 Å². The molecule has 0 aromatic carbocycles. The van der Waals surface area contributed by atoms with E-state index in [4.69, 9.17) is 5.11 Å². The third-order valence-electron chi connectivity index (χ3n) is 4.03. The summed E-state index contributed by atoms with van der Waals surface area (Å²) in [6, 6.07) is -1.12. The van der Waals surface area contributed by atoms with Gasteiger partial charge in [0.1, 0.15) is 12.6 Å². The Bertz CT molecular complexity index is 476. The lowest BCUT2D eigenvalue weighted by molar-refractivity contribution is -0.138. The minimum absolute atomic E-state index is 0.171. The maximum atomic E-state index is 12.0. The van der Waals surface area contributed by atoms with Crippen LogP contribution in [-0.4, -0.2) is 60.5 Å². The number of aliphatic carboxylic acids is 1. The fourth-order valence-corrected chi connectivity index (χ4v) is 2.40. The molecular formula is C15H26N4O5. The number of amides is 3. The molecule has 1 aliphatic heterocycles. The highest BCUT2D eigenvalue weighted by atomic mass is 16.4. The van der Waals surface area contributed by atoms with E-state index in [2.05, 4.69) is 21.3 Å². The summed E-state index contributed by atoms with van der Waals surface area (Å²) < 4.78 is 0. The smallest absolute Gasteiger partial charge is 0.322 e. The molecule has 0 spiro atoms. The number of nitrogens with one attached hydrogen (secondary N) is 4. The summed E-state index contributed by atoms with van der Waals surface area (Å²) in [5.74, 6) is -2.61. The van der Waals surface area contributed by atoms with Gasteiger partial charge in [0.2, 0.25) is 17.7 Å². The molecule has 1 aliphatic rings. The van der Waals surface area contributed by atoms with Gasteiger partial charge in [-0.15, -0.1) is 0 Å². The van der Waals surface area contributed by atoms with Crippen LogP contribution in [0.1, 0.15) is 33.1 Å². The van der Waals surface area contributed by atoms with E-state index in [0.29, 0.717) is 6.42 Å². The number of hydrogen-bond acceptors (Lipinski definition) is 5. The highest BCUT2D eigenvalue weighted by Gasteiger charge is 2.27. The summed E-state index contributed by atoms with van der Waals surface area (Å²) in [7, 11) is 0. The largest absolute Gasteiger partial charge is 0.480 e. The van der Waals surface area contributed by atoms with Gasteiger partial charge >= 0.3 is 5.97 Å². The number of carboxylic acid groups (broad SMARTS) is 1. The molecule has 9 nitrogen and oxygen atoms in total. The Kier molecular flexibility index (Phi) is 8.17. The zero-order valence-corrected chi connectivity index (χ0v) is 14.1. The van der Waals surface area contributed by atoms with Gasteiger partial charge in [-0.05, 0) is 25.3 Å². The first-order valence-corrected chi connectivity index (χ1v) is 8.15. The Morgan fingerprint density at radius 2 is 1.92 bits per heavy atom. The molecule has 3 unspecified atom stereocenters. The Labute approximate surface area is 140 Å². The summed E-state index contributed by atoms with van der Waals surface area (Å²) >= 11 is 0. The van der Waals surface area contributed by atoms with Crippen LogP contribution in [0.4, 0.5) is 0 Å². The first-order valence-electron chi connectivity index (χ1n) is 8.15. The van der Waals surface area contributed by atoms with Crippen molar-refractivity contribution in [2.75, 3.05) is 19.6 Å². The van der Waals surface area contributed by atoms with E-state index in [0.717, 1.165) is 19.4 Å². The van der Waals surface area contributed by atoms with E-state index < -0.39 is 30.4 Å². The zero-order valence-electron chi connectivity index (χ0n) is 14.1. The van der Waals surface area contributed by atoms with E-state index in [9.17, 15) is 19.2 Å². The third-order valence-corrected chi connectivity index (χ3v) is 4.03. The van der Waals surface area contributed by atoms with Gasteiger partial charge in [0, 0.05) is 0 Å². The first kappa shape index (κ1) is 19.9. The van der Waals surface area contributed by atoms with E-state index in [1.165, 1.54) is 0 Å². The molecular weight excluding hydrogens is 316 g/mol. The second-order valence-corrected chi connectivity index (χ2v) is 5.91. The standard InChI is InChI=1S/C15H26N4O5/c1-3-9(2)13(15(24)18-8-12(21)22)19-11(20)7-17-14(23)10-5-4-6-16-10/h9-10,13,16H,3-8H2,1-2H3,(H,17,23)(H,18,24)(H,19,20)(H,21,22). The van der Waals surface area contributed by atoms with Crippen molar-refractivity contribution < 1.29 is 24.3 Å². The Hall–Kier alpha value is -2.16. The van der Waals surface area contributed by atoms with Gasteiger partial charge in [-0.1, -0.05) is 20.3 Å². The SMILES string of the molecule is CCC(C)C(NC(=O)CNC(=O)C1CCCN1)C(=O)NCC(=O)O. The Morgan fingerprint density at radius 3 is 2.46 bits per heavy atom. The molecule has 1 rings (SSSR count). The van der Waals surface area contributed by atoms with Crippen LogP contribution in [0.2, 0.25) is 0 Å². The highest BCUT2D eigenvalue weighted by molar-refractivity contribution is 5.92. The van der Waals surface area contributed by atoms with Gasteiger partial charge in [-0.25, -0.2) is 0 Å². The van der Waals surface area contributed by atoms with Crippen LogP contribution < -0.4 is 21.3 Å². The van der Waals surface area contributed by atoms with Crippen LogP contribution in [0.15, 0.2) is 0 Å². The molecule has 24 heavy (non-hydrogen) atoms. The first-order chi connectivity index (χ1) is 11.3. The molecule has 0 saturated carbocycles. The van der Waals surface area contributed by atoms with Crippen molar-refractivity contribution in [2.24, 2.45) is 5.92 Å². The fourth-order valence-electron chi connectivity index (χ4n) is 2.40. The molecule has 5 N–H and O–H groups in total. The molecule has 1 saturated heterocycles. The second-order valence-electron chi connectivity index (χ2n) is 5.91. The maximum absolute atomic E-state index is 12.0. The van der Waals surface area contributed by atoms with Crippen LogP contribution in [0, 0.1) is 5.92 Å². The molecule has 1 fully saturated rings. The molecule has 9 heteroatoms. The number of carbonyl (C=O) groups is 4. The van der Waals surface area contributed by atoms with Gasteiger partial charge < -0.3 is 26.4 Å². The predicted octanol–water partition coefficient (Wildman–Crippen LogP) is -1.41. The topological polar surface area (TPSA) is 137 Å². The molecule has 0 aromatic heterocycles. The van der Waals surface area contributed by atoms with Gasteiger partial charge in [0.05, 0.1) is 12.6 Å². The number of rotatable bonds is 9. The molecule has 0 bridgehead atoms. The van der Waals surface area contributed by atoms with E-state index in [-0.39, 0.29) is 24.4 Å². The zero-order chi connectivity index (χ0) is 18.1. The molecule has 136 valence electrons. The van der Waals surface area contributed by atoms with Crippen LogP contribution in [-0.2, 0) is 19.2 Å². The van der Waals surface area contributed by atoms with Crippen molar-refractivity contribution in [3.05, 3.63) is 0 Å². The van der Waals surface area contributed by atoms with Crippen molar-refractivity contribution in [2.45, 2.75) is 45.2 Å². The van der Waals surface area contributed by atoms with Crippen LogP contribution in [0.3, 0.4) is 0 Å². The average molecular weight is 342 g/mol. The minimum Gasteiger partial charge on any atom is -0.480 e. The predicted molar refractivity (Wildman–Crippen MR) is 86.1 cm³/mol. The Balaban J connectivity index is 2.49. The maximum Gasteiger partial charge on any atom is 0.322 e. The molecule has 1 heterocycles. The lowest BCUT2D eigenvalue weighted by atomic mass is 9.98. The number of carbonyl (C=O) groups excluding carboxylic acids is 3. The summed E-state index contributed by atoms with van der Waals surface area (Å²) in [4.78, 5) is 46.4. The highest BCUT2D eigenvalue weighted by Crippen LogP contribution is 2.08. The fraction of sp³-hybridized carbons (Fsp3) is 0.733. The summed E-state index contributed by atoms with van der Waals surface area (Å²) in [5.41, 5.74) is 0. The number of carboxylic acids is 1. The van der Waals surface area contributed by atoms with Gasteiger partial charge in [0.15, 0.2) is 0 Å². The van der Waals surface area contributed by atoms with Gasteiger partial charge in [-0.2, -0.15) is 0 Å². The third kappa shape index (κ3) is 6.53. The molecule has 0 aromatic rings. The molecule has 0 aliphatic carbocycles. The van der Waals surface area contributed by atoms with Crippen LogP contribution >= 0.6 is 0 Å². The molecule has 0 radical (unpaired) electrons. The summed E-state index contributed by atoms with van der Waals surface area (Å²) in [6.45, 7) is 3.69.